The number of nitrogens with one attached hydrogen (secondary N) is 1. The van der Waals surface area contributed by atoms with Crippen LogP contribution in [0.15, 0.2) is 0 Å². The zero-order valence-electron chi connectivity index (χ0n) is 12.2. The van der Waals surface area contributed by atoms with Crippen LogP contribution < -0.4 is 5.32 Å². The lowest BCUT2D eigenvalue weighted by atomic mass is 9.97. The second kappa shape index (κ2) is 8.93. The Morgan fingerprint density at radius 3 is 2.76 bits per heavy atom. The Hall–Kier alpha value is -0.0800. The summed E-state index contributed by atoms with van der Waals surface area (Å²) in [4.78, 5) is 2.75. The molecule has 1 N–H and O–H groups in total. The first-order valence-corrected chi connectivity index (χ1v) is 7.75. The van der Waals surface area contributed by atoms with Crippen molar-refractivity contribution in [3.05, 3.63) is 0 Å². The highest BCUT2D eigenvalue weighted by molar-refractivity contribution is 4.77. The van der Waals surface area contributed by atoms with Crippen LogP contribution in [0.1, 0.15) is 65.7 Å². The molecule has 1 saturated heterocycles. The molecule has 0 aliphatic carbocycles. The lowest BCUT2D eigenvalue weighted by Gasteiger charge is -2.36. The smallest absolute Gasteiger partial charge is 0.00951 e. The minimum Gasteiger partial charge on any atom is -0.314 e. The molecule has 1 aliphatic rings. The first-order valence-electron chi connectivity index (χ1n) is 7.75. The van der Waals surface area contributed by atoms with E-state index in [0.717, 1.165) is 6.04 Å². The van der Waals surface area contributed by atoms with E-state index in [-0.39, 0.29) is 0 Å². The van der Waals surface area contributed by atoms with Crippen molar-refractivity contribution in [2.75, 3.05) is 19.6 Å². The summed E-state index contributed by atoms with van der Waals surface area (Å²) in [5, 5.41) is 3.59. The highest BCUT2D eigenvalue weighted by atomic mass is 15.2. The maximum absolute atomic E-state index is 3.59. The van der Waals surface area contributed by atoms with Gasteiger partial charge in [0.05, 0.1) is 0 Å². The summed E-state index contributed by atoms with van der Waals surface area (Å²) in [6, 6.07) is 1.56. The molecule has 2 heteroatoms. The molecule has 1 heterocycles. The molecular weight excluding hydrogens is 208 g/mol. The Labute approximate surface area is 108 Å². The van der Waals surface area contributed by atoms with E-state index in [4.69, 9.17) is 0 Å². The molecule has 0 aromatic rings. The van der Waals surface area contributed by atoms with E-state index in [2.05, 4.69) is 31.0 Å². The Morgan fingerprint density at radius 1 is 1.24 bits per heavy atom. The summed E-state index contributed by atoms with van der Waals surface area (Å²) >= 11 is 0. The van der Waals surface area contributed by atoms with Crippen LogP contribution in [0.2, 0.25) is 0 Å². The molecule has 2 nitrogen and oxygen atoms in total. The fraction of sp³-hybridized carbons (Fsp3) is 1.00. The van der Waals surface area contributed by atoms with E-state index in [1.54, 1.807) is 0 Å². The summed E-state index contributed by atoms with van der Waals surface area (Å²) in [5.74, 6) is 0. The van der Waals surface area contributed by atoms with E-state index in [1.165, 1.54) is 64.6 Å². The molecular formula is C15H32N2. The third kappa shape index (κ3) is 5.87. The van der Waals surface area contributed by atoms with Crippen molar-refractivity contribution >= 4 is 0 Å². The molecule has 2 unspecified atom stereocenters. The summed E-state index contributed by atoms with van der Waals surface area (Å²) in [6.07, 6.45) is 9.58. The fourth-order valence-electron chi connectivity index (χ4n) is 2.87. The number of hydrogen-bond acceptors (Lipinski definition) is 2. The number of rotatable bonds is 8. The predicted molar refractivity (Wildman–Crippen MR) is 76.5 cm³/mol. The van der Waals surface area contributed by atoms with E-state index < -0.39 is 0 Å². The Bertz CT molecular complexity index is 180. The van der Waals surface area contributed by atoms with Gasteiger partial charge in [-0.25, -0.2) is 0 Å². The van der Waals surface area contributed by atoms with Crippen LogP contribution >= 0.6 is 0 Å². The van der Waals surface area contributed by atoms with Gasteiger partial charge in [0, 0.05) is 12.1 Å². The standard InChI is InChI=1S/C15H32N2/c1-4-8-15-9-6-7-12-17(15)13-10-14(3)16-11-5-2/h14-16H,4-13H2,1-3H3. The summed E-state index contributed by atoms with van der Waals surface area (Å²) in [5.41, 5.74) is 0. The average Bonchev–Trinajstić information content (AvgIpc) is 2.35. The van der Waals surface area contributed by atoms with Crippen LogP contribution in [0.5, 0.6) is 0 Å². The molecule has 0 amide bonds. The molecule has 0 spiro atoms. The molecule has 0 aromatic carbocycles. The van der Waals surface area contributed by atoms with E-state index in [0.29, 0.717) is 6.04 Å². The summed E-state index contributed by atoms with van der Waals surface area (Å²) in [6.45, 7) is 10.7. The topological polar surface area (TPSA) is 15.3 Å². The van der Waals surface area contributed by atoms with Crippen molar-refractivity contribution in [3.8, 4) is 0 Å². The molecule has 1 aliphatic heterocycles. The van der Waals surface area contributed by atoms with Crippen LogP contribution in [0.4, 0.5) is 0 Å². The lowest BCUT2D eigenvalue weighted by Crippen LogP contribution is -2.42. The van der Waals surface area contributed by atoms with E-state index >= 15 is 0 Å². The molecule has 0 aromatic heterocycles. The van der Waals surface area contributed by atoms with Gasteiger partial charge < -0.3 is 10.2 Å². The van der Waals surface area contributed by atoms with Crippen molar-refractivity contribution in [1.82, 2.24) is 10.2 Å². The molecule has 102 valence electrons. The van der Waals surface area contributed by atoms with Crippen LogP contribution in [-0.2, 0) is 0 Å². The average molecular weight is 240 g/mol. The molecule has 2 atom stereocenters. The van der Waals surface area contributed by atoms with Crippen LogP contribution in [0, 0.1) is 0 Å². The molecule has 1 rings (SSSR count). The van der Waals surface area contributed by atoms with Gasteiger partial charge in [-0.15, -0.1) is 0 Å². The molecule has 17 heavy (non-hydrogen) atoms. The fourth-order valence-corrected chi connectivity index (χ4v) is 2.87. The van der Waals surface area contributed by atoms with Crippen molar-refractivity contribution in [2.45, 2.75) is 77.8 Å². The first-order chi connectivity index (χ1) is 8.27. The number of likely N-dealkylation sites (tertiary alicyclic amines) is 1. The third-order valence-electron chi connectivity index (χ3n) is 3.96. The lowest BCUT2D eigenvalue weighted by molar-refractivity contribution is 0.134. The summed E-state index contributed by atoms with van der Waals surface area (Å²) < 4.78 is 0. The SMILES string of the molecule is CCCNC(C)CCN1CCCCC1CCC. The van der Waals surface area contributed by atoms with Gasteiger partial charge in [-0.2, -0.15) is 0 Å². The maximum atomic E-state index is 3.59. The largest absolute Gasteiger partial charge is 0.314 e. The number of nitrogens with zero attached hydrogens (tertiary/aromatic N) is 1. The third-order valence-corrected chi connectivity index (χ3v) is 3.96. The minimum absolute atomic E-state index is 0.680. The minimum atomic E-state index is 0.680. The monoisotopic (exact) mass is 240 g/mol. The van der Waals surface area contributed by atoms with Crippen molar-refractivity contribution in [2.24, 2.45) is 0 Å². The zero-order chi connectivity index (χ0) is 12.5. The van der Waals surface area contributed by atoms with Gasteiger partial charge in [0.25, 0.3) is 0 Å². The van der Waals surface area contributed by atoms with Crippen LogP contribution in [0.25, 0.3) is 0 Å². The van der Waals surface area contributed by atoms with Gasteiger partial charge in [0.15, 0.2) is 0 Å². The quantitative estimate of drug-likeness (QED) is 0.699. The van der Waals surface area contributed by atoms with Gasteiger partial charge in [-0.1, -0.05) is 26.7 Å². The van der Waals surface area contributed by atoms with Gasteiger partial charge in [0.1, 0.15) is 0 Å². The predicted octanol–water partition coefficient (Wildman–Crippen LogP) is 3.42. The molecule has 0 bridgehead atoms. The van der Waals surface area contributed by atoms with Gasteiger partial charge in [-0.3, -0.25) is 0 Å². The zero-order valence-corrected chi connectivity index (χ0v) is 12.2. The maximum Gasteiger partial charge on any atom is 0.00951 e. The Morgan fingerprint density at radius 2 is 2.06 bits per heavy atom. The highest BCUT2D eigenvalue weighted by Crippen LogP contribution is 2.21. The van der Waals surface area contributed by atoms with E-state index in [9.17, 15) is 0 Å². The molecule has 0 radical (unpaired) electrons. The van der Waals surface area contributed by atoms with Crippen molar-refractivity contribution < 1.29 is 0 Å². The Kier molecular flexibility index (Phi) is 7.87. The number of piperidine rings is 1. The van der Waals surface area contributed by atoms with Gasteiger partial charge in [0.2, 0.25) is 0 Å². The van der Waals surface area contributed by atoms with Crippen molar-refractivity contribution in [1.29, 1.82) is 0 Å². The Balaban J connectivity index is 2.22. The second-order valence-electron chi connectivity index (χ2n) is 5.62. The number of hydrogen-bond donors (Lipinski definition) is 1. The highest BCUT2D eigenvalue weighted by Gasteiger charge is 2.21. The first kappa shape index (κ1) is 15.0. The summed E-state index contributed by atoms with van der Waals surface area (Å²) in [7, 11) is 0. The normalized spacial score (nSPS) is 23.8. The van der Waals surface area contributed by atoms with Gasteiger partial charge >= 0.3 is 0 Å². The van der Waals surface area contributed by atoms with Crippen LogP contribution in [-0.4, -0.2) is 36.6 Å². The van der Waals surface area contributed by atoms with E-state index in [1.807, 2.05) is 0 Å². The molecule has 0 saturated carbocycles. The van der Waals surface area contributed by atoms with Crippen LogP contribution in [0.3, 0.4) is 0 Å². The second-order valence-corrected chi connectivity index (χ2v) is 5.62. The van der Waals surface area contributed by atoms with Crippen molar-refractivity contribution in [3.63, 3.8) is 0 Å². The van der Waals surface area contributed by atoms with Gasteiger partial charge in [-0.05, 0) is 58.7 Å². The molecule has 1 fully saturated rings.